The van der Waals surface area contributed by atoms with E-state index in [0.29, 0.717) is 11.5 Å². The SMILES string of the molecule is CN1CCC2(CC1)CC(CNN1CC3(CCC(N)CC3)C1)C2. The summed E-state index contributed by atoms with van der Waals surface area (Å²) < 4.78 is 0. The molecule has 0 aromatic carbocycles. The number of hydrogen-bond acceptors (Lipinski definition) is 4. The molecule has 22 heavy (non-hydrogen) atoms. The molecule has 0 amide bonds. The van der Waals surface area contributed by atoms with Crippen molar-refractivity contribution >= 4 is 0 Å². The summed E-state index contributed by atoms with van der Waals surface area (Å²) in [7, 11) is 2.27. The van der Waals surface area contributed by atoms with Gasteiger partial charge in [0.05, 0.1) is 0 Å². The van der Waals surface area contributed by atoms with E-state index in [2.05, 4.69) is 22.4 Å². The van der Waals surface area contributed by atoms with Crippen LogP contribution in [-0.2, 0) is 0 Å². The topological polar surface area (TPSA) is 44.5 Å². The van der Waals surface area contributed by atoms with Crippen LogP contribution in [0.15, 0.2) is 0 Å². The van der Waals surface area contributed by atoms with Gasteiger partial charge in [0, 0.05) is 25.7 Å². The molecule has 2 aliphatic carbocycles. The summed E-state index contributed by atoms with van der Waals surface area (Å²) in [5, 5.41) is 2.48. The molecular formula is C18H34N4. The van der Waals surface area contributed by atoms with Crippen LogP contribution in [0.5, 0.6) is 0 Å². The molecule has 0 atom stereocenters. The van der Waals surface area contributed by atoms with Gasteiger partial charge in [-0.1, -0.05) is 0 Å². The summed E-state index contributed by atoms with van der Waals surface area (Å²) in [5.74, 6) is 0.930. The molecule has 4 aliphatic rings. The van der Waals surface area contributed by atoms with Crippen molar-refractivity contribution < 1.29 is 0 Å². The Morgan fingerprint density at radius 2 is 1.64 bits per heavy atom. The zero-order chi connectivity index (χ0) is 15.2. The molecule has 0 radical (unpaired) electrons. The largest absolute Gasteiger partial charge is 0.328 e. The minimum Gasteiger partial charge on any atom is -0.328 e. The Morgan fingerprint density at radius 3 is 2.27 bits per heavy atom. The van der Waals surface area contributed by atoms with Gasteiger partial charge in [0.15, 0.2) is 0 Å². The van der Waals surface area contributed by atoms with Gasteiger partial charge >= 0.3 is 0 Å². The van der Waals surface area contributed by atoms with Gasteiger partial charge in [-0.05, 0) is 88.3 Å². The van der Waals surface area contributed by atoms with Gasteiger partial charge in [-0.15, -0.1) is 0 Å². The monoisotopic (exact) mass is 306 g/mol. The quantitative estimate of drug-likeness (QED) is 0.835. The van der Waals surface area contributed by atoms with Crippen LogP contribution >= 0.6 is 0 Å². The van der Waals surface area contributed by atoms with Crippen LogP contribution < -0.4 is 11.2 Å². The van der Waals surface area contributed by atoms with Crippen molar-refractivity contribution in [2.45, 2.75) is 57.4 Å². The van der Waals surface area contributed by atoms with Crippen molar-refractivity contribution in [3.8, 4) is 0 Å². The van der Waals surface area contributed by atoms with Gasteiger partial charge in [-0.2, -0.15) is 0 Å². The predicted molar refractivity (Wildman–Crippen MR) is 90.3 cm³/mol. The standard InChI is InChI=1S/C18H34N4/c1-21-8-6-17(7-9-21)10-15(11-17)12-20-22-13-18(14-22)4-2-16(19)3-5-18/h15-16,20H,2-14,19H2,1H3. The van der Waals surface area contributed by atoms with Crippen molar-refractivity contribution in [3.05, 3.63) is 0 Å². The molecule has 4 heteroatoms. The first-order chi connectivity index (χ1) is 10.6. The second-order valence-electron chi connectivity index (χ2n) is 9.13. The fourth-order valence-corrected chi connectivity index (χ4v) is 5.51. The summed E-state index contributed by atoms with van der Waals surface area (Å²) >= 11 is 0. The number of nitrogens with one attached hydrogen (secondary N) is 1. The van der Waals surface area contributed by atoms with E-state index in [9.17, 15) is 0 Å². The molecule has 2 heterocycles. The van der Waals surface area contributed by atoms with E-state index in [1.165, 1.54) is 84.1 Å². The average Bonchev–Trinajstić information content (AvgIpc) is 2.44. The third kappa shape index (κ3) is 2.95. The summed E-state index contributed by atoms with van der Waals surface area (Å²) in [6, 6.07) is 0.480. The van der Waals surface area contributed by atoms with Crippen LogP contribution in [0.2, 0.25) is 0 Å². The maximum Gasteiger partial charge on any atom is 0.0200 e. The second-order valence-corrected chi connectivity index (χ2v) is 9.13. The number of likely N-dealkylation sites (tertiary alicyclic amines) is 1. The molecule has 2 saturated carbocycles. The van der Waals surface area contributed by atoms with Crippen LogP contribution in [0, 0.1) is 16.7 Å². The van der Waals surface area contributed by atoms with Crippen molar-refractivity contribution in [1.29, 1.82) is 0 Å². The fraction of sp³-hybridized carbons (Fsp3) is 1.00. The molecule has 2 spiro atoms. The van der Waals surface area contributed by atoms with Gasteiger partial charge in [-0.3, -0.25) is 5.43 Å². The van der Waals surface area contributed by atoms with Crippen LogP contribution in [0.4, 0.5) is 0 Å². The lowest BCUT2D eigenvalue weighted by Crippen LogP contribution is -2.64. The van der Waals surface area contributed by atoms with E-state index in [-0.39, 0.29) is 0 Å². The summed E-state index contributed by atoms with van der Waals surface area (Å²) in [4.78, 5) is 2.49. The maximum atomic E-state index is 6.04. The van der Waals surface area contributed by atoms with E-state index in [1.807, 2.05) is 0 Å². The number of rotatable bonds is 3. The van der Waals surface area contributed by atoms with Crippen molar-refractivity contribution in [2.75, 3.05) is 39.8 Å². The van der Waals surface area contributed by atoms with Crippen LogP contribution in [0.25, 0.3) is 0 Å². The molecule has 4 nitrogen and oxygen atoms in total. The van der Waals surface area contributed by atoms with Crippen LogP contribution in [-0.4, -0.2) is 55.7 Å². The first-order valence-corrected chi connectivity index (χ1v) is 9.49. The smallest absolute Gasteiger partial charge is 0.0200 e. The number of nitrogens with two attached hydrogens (primary N) is 1. The van der Waals surface area contributed by atoms with Crippen LogP contribution in [0.1, 0.15) is 51.4 Å². The van der Waals surface area contributed by atoms with Crippen molar-refractivity contribution in [3.63, 3.8) is 0 Å². The minimum absolute atomic E-state index is 0.480. The van der Waals surface area contributed by atoms with Crippen LogP contribution in [0.3, 0.4) is 0 Å². The van der Waals surface area contributed by atoms with Gasteiger partial charge in [0.1, 0.15) is 0 Å². The predicted octanol–water partition coefficient (Wildman–Crippen LogP) is 1.82. The Labute approximate surface area is 135 Å². The van der Waals surface area contributed by atoms with Gasteiger partial charge in [0.2, 0.25) is 0 Å². The lowest BCUT2D eigenvalue weighted by atomic mass is 9.57. The normalized spacial score (nSPS) is 33.0. The zero-order valence-corrected chi connectivity index (χ0v) is 14.3. The number of nitrogens with zero attached hydrogens (tertiary/aromatic N) is 2. The Morgan fingerprint density at radius 1 is 1.00 bits per heavy atom. The molecule has 126 valence electrons. The third-order valence-electron chi connectivity index (χ3n) is 7.24. The van der Waals surface area contributed by atoms with E-state index in [4.69, 9.17) is 5.73 Å². The highest BCUT2D eigenvalue weighted by atomic mass is 15.5. The summed E-state index contributed by atoms with van der Waals surface area (Å²) in [6.07, 6.45) is 11.0. The number of hydrogen-bond donors (Lipinski definition) is 2. The first kappa shape index (κ1) is 15.4. The second kappa shape index (κ2) is 5.73. The molecule has 4 rings (SSSR count). The molecule has 2 aliphatic heterocycles. The fourth-order valence-electron chi connectivity index (χ4n) is 5.51. The van der Waals surface area contributed by atoms with E-state index in [1.54, 1.807) is 0 Å². The Bertz CT molecular complexity index is 340. The van der Waals surface area contributed by atoms with Gasteiger partial charge in [0.25, 0.3) is 0 Å². The molecule has 3 N–H and O–H groups in total. The summed E-state index contributed by atoms with van der Waals surface area (Å²) in [5.41, 5.74) is 11.1. The molecule has 0 aromatic heterocycles. The lowest BCUT2D eigenvalue weighted by Gasteiger charge is -2.55. The molecule has 0 bridgehead atoms. The van der Waals surface area contributed by atoms with Crippen molar-refractivity contribution in [2.24, 2.45) is 22.5 Å². The van der Waals surface area contributed by atoms with E-state index < -0.39 is 0 Å². The molecule has 4 fully saturated rings. The van der Waals surface area contributed by atoms with Gasteiger partial charge in [-0.25, -0.2) is 5.01 Å². The maximum absolute atomic E-state index is 6.04. The Kier molecular flexibility index (Phi) is 4.00. The first-order valence-electron chi connectivity index (χ1n) is 9.49. The van der Waals surface area contributed by atoms with Crippen molar-refractivity contribution in [1.82, 2.24) is 15.3 Å². The zero-order valence-electron chi connectivity index (χ0n) is 14.3. The Hall–Kier alpha value is -0.160. The van der Waals surface area contributed by atoms with E-state index >= 15 is 0 Å². The van der Waals surface area contributed by atoms with E-state index in [0.717, 1.165) is 11.3 Å². The molecule has 2 saturated heterocycles. The molecule has 0 aromatic rings. The molecular weight excluding hydrogens is 272 g/mol. The average molecular weight is 306 g/mol. The Balaban J connectivity index is 1.13. The highest BCUT2D eigenvalue weighted by Crippen LogP contribution is 2.52. The molecule has 0 unspecified atom stereocenters. The third-order valence-corrected chi connectivity index (χ3v) is 7.24. The lowest BCUT2D eigenvalue weighted by molar-refractivity contribution is -0.0786. The highest BCUT2D eigenvalue weighted by molar-refractivity contribution is 4.99. The van der Waals surface area contributed by atoms with Gasteiger partial charge < -0.3 is 10.6 Å². The minimum atomic E-state index is 0.480. The highest BCUT2D eigenvalue weighted by Gasteiger charge is 2.47. The number of piperidine rings is 1. The summed E-state index contributed by atoms with van der Waals surface area (Å²) in [6.45, 7) is 6.38. The number of hydrazine groups is 1.